The van der Waals surface area contributed by atoms with Gasteiger partial charge < -0.3 is 19.9 Å². The monoisotopic (exact) mass is 409 g/mol. The van der Waals surface area contributed by atoms with Gasteiger partial charge in [-0.25, -0.2) is 9.59 Å². The molecule has 29 heavy (non-hydrogen) atoms. The van der Waals surface area contributed by atoms with E-state index in [1.54, 1.807) is 20.8 Å². The normalized spacial score (nSPS) is 13.7. The molecule has 0 fully saturated rings. The van der Waals surface area contributed by atoms with Crippen molar-refractivity contribution in [2.75, 3.05) is 13.2 Å². The molecule has 0 saturated heterocycles. The van der Waals surface area contributed by atoms with Gasteiger partial charge in [-0.3, -0.25) is 0 Å². The number of alkyl carbamates (subject to hydrolysis) is 1. The molecule has 0 aromatic rings. The Kier molecular flexibility index (Phi) is 13.8. The molecule has 0 heterocycles. The summed E-state index contributed by atoms with van der Waals surface area (Å²) in [4.78, 5) is 23.0. The zero-order valence-electron chi connectivity index (χ0n) is 18.8. The Labute approximate surface area is 176 Å². The minimum atomic E-state index is -1.10. The van der Waals surface area contributed by atoms with Crippen LogP contribution in [0.3, 0.4) is 0 Å². The molecular weight excluding hydrogens is 370 g/mol. The molecule has 1 unspecified atom stereocenters. The van der Waals surface area contributed by atoms with Crippen LogP contribution in [0.4, 0.5) is 4.79 Å². The van der Waals surface area contributed by atoms with Gasteiger partial charge >= 0.3 is 12.1 Å². The summed E-state index contributed by atoms with van der Waals surface area (Å²) >= 11 is 0. The number of hydrogen-bond donors (Lipinski definition) is 2. The van der Waals surface area contributed by atoms with E-state index in [0.717, 1.165) is 32.1 Å². The highest BCUT2D eigenvalue weighted by atomic mass is 16.6. The molecule has 0 bridgehead atoms. The van der Waals surface area contributed by atoms with Crippen LogP contribution in [0.15, 0.2) is 36.0 Å². The van der Waals surface area contributed by atoms with Gasteiger partial charge in [-0.2, -0.15) is 0 Å². The molecule has 0 aliphatic heterocycles. The third-order valence-electron chi connectivity index (χ3n) is 4.03. The van der Waals surface area contributed by atoms with Crippen molar-refractivity contribution in [3.63, 3.8) is 0 Å². The molecule has 0 radical (unpaired) electrons. The van der Waals surface area contributed by atoms with Crippen molar-refractivity contribution < 1.29 is 24.2 Å². The number of carboxylic acids is 1. The second-order valence-electron chi connectivity index (χ2n) is 8.10. The molecule has 0 rings (SSSR count). The molecule has 0 aliphatic rings. The Hall–Kier alpha value is -2.08. The number of carbonyl (C=O) groups is 2. The standard InChI is InChI=1S/C23H39NO5/c1-7-11-19(8-2)14-13-18(3)12-9-10-16-28-17-15-20(21(25)26)24-22(27)29-23(4,5)6/h8,13-14,20H,2,7,9-12,15-17H2,1,3-6H3,(H,24,27)(H,25,26)/b18-13+,19-14+. The second-order valence-corrected chi connectivity index (χ2v) is 8.10. The molecule has 0 spiro atoms. The van der Waals surface area contributed by atoms with Crippen LogP contribution in [0.1, 0.15) is 73.1 Å². The Morgan fingerprint density at radius 2 is 1.83 bits per heavy atom. The maximum atomic E-state index is 11.7. The van der Waals surface area contributed by atoms with Gasteiger partial charge in [-0.05, 0) is 59.0 Å². The average Bonchev–Trinajstić information content (AvgIpc) is 2.61. The lowest BCUT2D eigenvalue weighted by Gasteiger charge is -2.22. The van der Waals surface area contributed by atoms with Gasteiger partial charge in [0.15, 0.2) is 0 Å². The van der Waals surface area contributed by atoms with Gasteiger partial charge in [0.2, 0.25) is 0 Å². The number of carbonyl (C=O) groups excluding carboxylic acids is 1. The van der Waals surface area contributed by atoms with E-state index in [1.165, 1.54) is 11.1 Å². The number of unbranched alkanes of at least 4 members (excludes halogenated alkanes) is 1. The summed E-state index contributed by atoms with van der Waals surface area (Å²) in [6, 6.07) is -1.02. The lowest BCUT2D eigenvalue weighted by atomic mass is 10.1. The summed E-state index contributed by atoms with van der Waals surface area (Å²) in [5.74, 6) is -1.10. The second kappa shape index (κ2) is 14.9. The number of amides is 1. The molecule has 1 atom stereocenters. The zero-order chi connectivity index (χ0) is 22.3. The van der Waals surface area contributed by atoms with Gasteiger partial charge in [-0.1, -0.05) is 43.7 Å². The molecule has 0 aliphatic carbocycles. The van der Waals surface area contributed by atoms with Gasteiger partial charge in [0.05, 0.1) is 0 Å². The molecule has 0 saturated carbocycles. The van der Waals surface area contributed by atoms with E-state index in [1.807, 2.05) is 6.08 Å². The highest BCUT2D eigenvalue weighted by Gasteiger charge is 2.23. The fourth-order valence-electron chi connectivity index (χ4n) is 2.49. The van der Waals surface area contributed by atoms with Crippen LogP contribution >= 0.6 is 0 Å². The molecule has 2 N–H and O–H groups in total. The smallest absolute Gasteiger partial charge is 0.408 e. The van der Waals surface area contributed by atoms with Crippen molar-refractivity contribution in [2.24, 2.45) is 0 Å². The van der Waals surface area contributed by atoms with Crippen molar-refractivity contribution in [3.05, 3.63) is 36.0 Å². The first kappa shape index (κ1) is 26.9. The van der Waals surface area contributed by atoms with Crippen molar-refractivity contribution >= 4 is 12.1 Å². The van der Waals surface area contributed by atoms with Gasteiger partial charge in [0.1, 0.15) is 11.6 Å². The predicted molar refractivity (Wildman–Crippen MR) is 117 cm³/mol. The molecule has 6 heteroatoms. The number of aliphatic carboxylic acids is 1. The summed E-state index contributed by atoms with van der Waals surface area (Å²) in [6.45, 7) is 14.1. The predicted octanol–water partition coefficient (Wildman–Crippen LogP) is 5.40. The SMILES string of the molecule is C=C/C(=C\C=C(/C)CCCCOCCC(NC(=O)OC(C)(C)C)C(=O)O)CCC. The summed E-state index contributed by atoms with van der Waals surface area (Å²) in [6.07, 6.45) is 10.7. The largest absolute Gasteiger partial charge is 0.480 e. The van der Waals surface area contributed by atoms with E-state index in [-0.39, 0.29) is 13.0 Å². The minimum absolute atomic E-state index is 0.195. The third kappa shape index (κ3) is 15.5. The van der Waals surface area contributed by atoms with Crippen molar-refractivity contribution in [1.29, 1.82) is 0 Å². The highest BCUT2D eigenvalue weighted by molar-refractivity contribution is 5.79. The van der Waals surface area contributed by atoms with Crippen molar-refractivity contribution in [3.8, 4) is 0 Å². The van der Waals surface area contributed by atoms with Crippen LogP contribution in [0.25, 0.3) is 0 Å². The van der Waals surface area contributed by atoms with E-state index in [2.05, 4.69) is 37.9 Å². The first-order valence-corrected chi connectivity index (χ1v) is 10.4. The maximum Gasteiger partial charge on any atom is 0.408 e. The number of carboxylic acid groups (broad SMARTS) is 1. The third-order valence-corrected chi connectivity index (χ3v) is 4.03. The summed E-state index contributed by atoms with van der Waals surface area (Å²) < 4.78 is 10.6. The van der Waals surface area contributed by atoms with E-state index in [4.69, 9.17) is 9.47 Å². The number of allylic oxidation sites excluding steroid dienone is 5. The minimum Gasteiger partial charge on any atom is -0.480 e. The van der Waals surface area contributed by atoms with Crippen LogP contribution in [0, 0.1) is 0 Å². The first-order valence-electron chi connectivity index (χ1n) is 10.4. The first-order chi connectivity index (χ1) is 13.6. The maximum absolute atomic E-state index is 11.7. The van der Waals surface area contributed by atoms with Gasteiger partial charge in [-0.15, -0.1) is 0 Å². The Morgan fingerprint density at radius 3 is 2.38 bits per heavy atom. The molecule has 166 valence electrons. The summed E-state index contributed by atoms with van der Waals surface area (Å²) in [5.41, 5.74) is 1.89. The van der Waals surface area contributed by atoms with Crippen LogP contribution in [0.2, 0.25) is 0 Å². The number of hydrogen-bond acceptors (Lipinski definition) is 4. The fourth-order valence-corrected chi connectivity index (χ4v) is 2.49. The van der Waals surface area contributed by atoms with Crippen molar-refractivity contribution in [1.82, 2.24) is 5.32 Å². The number of rotatable bonds is 14. The Bertz CT molecular complexity index is 572. The Balaban J connectivity index is 4.07. The van der Waals surface area contributed by atoms with Crippen LogP contribution < -0.4 is 5.32 Å². The van der Waals surface area contributed by atoms with Gasteiger partial charge in [0, 0.05) is 19.6 Å². The topological polar surface area (TPSA) is 84.9 Å². The highest BCUT2D eigenvalue weighted by Crippen LogP contribution is 2.11. The number of nitrogens with one attached hydrogen (secondary N) is 1. The number of ether oxygens (including phenoxy) is 2. The van der Waals surface area contributed by atoms with E-state index >= 15 is 0 Å². The molecular formula is C23H39NO5. The average molecular weight is 410 g/mol. The lowest BCUT2D eigenvalue weighted by Crippen LogP contribution is -2.44. The molecule has 6 nitrogen and oxygen atoms in total. The van der Waals surface area contributed by atoms with E-state index < -0.39 is 23.7 Å². The van der Waals surface area contributed by atoms with Crippen LogP contribution in [0.5, 0.6) is 0 Å². The molecule has 1 amide bonds. The lowest BCUT2D eigenvalue weighted by molar-refractivity contribution is -0.140. The fraction of sp³-hybridized carbons (Fsp3) is 0.652. The summed E-state index contributed by atoms with van der Waals surface area (Å²) in [7, 11) is 0. The van der Waals surface area contributed by atoms with E-state index in [9.17, 15) is 14.7 Å². The summed E-state index contributed by atoms with van der Waals surface area (Å²) in [5, 5.41) is 11.6. The van der Waals surface area contributed by atoms with Crippen LogP contribution in [-0.2, 0) is 14.3 Å². The quantitative estimate of drug-likeness (QED) is 0.296. The van der Waals surface area contributed by atoms with Gasteiger partial charge in [0.25, 0.3) is 0 Å². The van der Waals surface area contributed by atoms with E-state index in [0.29, 0.717) is 6.61 Å². The molecule has 0 aromatic carbocycles. The Morgan fingerprint density at radius 1 is 1.14 bits per heavy atom. The van der Waals surface area contributed by atoms with Crippen LogP contribution in [-0.4, -0.2) is 42.0 Å². The molecule has 0 aromatic heterocycles. The zero-order valence-corrected chi connectivity index (χ0v) is 18.8. The van der Waals surface area contributed by atoms with Crippen molar-refractivity contribution in [2.45, 2.75) is 84.8 Å².